The number of hydrogen-bond acceptors (Lipinski definition) is 4. The van der Waals surface area contributed by atoms with E-state index in [4.69, 9.17) is 4.42 Å². The van der Waals surface area contributed by atoms with Gasteiger partial charge in [0.25, 0.3) is 5.91 Å². The van der Waals surface area contributed by atoms with Crippen LogP contribution in [0.3, 0.4) is 0 Å². The molecule has 1 amide bonds. The number of nitrogens with one attached hydrogen (secondary N) is 1. The fourth-order valence-electron chi connectivity index (χ4n) is 3.68. The van der Waals surface area contributed by atoms with Crippen LogP contribution in [-0.2, 0) is 6.54 Å². The number of nitrogens with zero attached hydrogens (tertiary/aromatic N) is 1. The molecule has 116 valence electrons. The molecule has 1 spiro atoms. The maximum absolute atomic E-state index is 12.9. The Morgan fingerprint density at radius 2 is 2.27 bits per heavy atom. The summed E-state index contributed by atoms with van der Waals surface area (Å²) in [4.78, 5) is 15.0. The second-order valence-electron chi connectivity index (χ2n) is 6.41. The lowest BCUT2D eigenvalue weighted by Gasteiger charge is -2.29. The Morgan fingerprint density at radius 1 is 1.41 bits per heavy atom. The standard InChI is InChI=1S/C17H20N2O2S/c20-16(14-1-7-21-11-14)19(10-13-2-8-22-12-13)15-9-17(15)3-5-18-6-4-17/h1-2,7-8,11-12,15,18H,3-6,9-10H2/t15-/m0/s1. The topological polar surface area (TPSA) is 45.5 Å². The first-order valence-corrected chi connectivity index (χ1v) is 8.78. The largest absolute Gasteiger partial charge is 0.472 e. The number of furan rings is 1. The van der Waals surface area contributed by atoms with Crippen LogP contribution in [0, 0.1) is 5.41 Å². The Kier molecular flexibility index (Phi) is 3.54. The molecular formula is C17H20N2O2S. The second-order valence-corrected chi connectivity index (χ2v) is 7.19. The number of piperidine rings is 1. The van der Waals surface area contributed by atoms with Gasteiger partial charge in [-0.3, -0.25) is 4.79 Å². The minimum Gasteiger partial charge on any atom is -0.472 e. The monoisotopic (exact) mass is 316 g/mol. The Balaban J connectivity index is 1.57. The number of rotatable bonds is 4. The van der Waals surface area contributed by atoms with Gasteiger partial charge in [0.15, 0.2) is 0 Å². The number of carbonyl (C=O) groups excluding carboxylic acids is 1. The number of amides is 1. The summed E-state index contributed by atoms with van der Waals surface area (Å²) in [5.41, 5.74) is 2.23. The normalized spacial score (nSPS) is 22.6. The molecule has 3 heterocycles. The maximum atomic E-state index is 12.9. The van der Waals surface area contributed by atoms with Crippen LogP contribution in [0.15, 0.2) is 39.8 Å². The van der Waals surface area contributed by atoms with E-state index in [1.54, 1.807) is 29.9 Å². The average molecular weight is 316 g/mol. The lowest BCUT2D eigenvalue weighted by atomic mass is 9.93. The average Bonchev–Trinajstić information content (AvgIpc) is 3.02. The van der Waals surface area contributed by atoms with E-state index in [2.05, 4.69) is 27.0 Å². The van der Waals surface area contributed by atoms with Crippen molar-refractivity contribution in [2.24, 2.45) is 5.41 Å². The Labute approximate surface area is 134 Å². The minimum atomic E-state index is 0.0976. The summed E-state index contributed by atoms with van der Waals surface area (Å²) >= 11 is 1.68. The molecule has 1 aliphatic heterocycles. The van der Waals surface area contributed by atoms with Crippen molar-refractivity contribution in [2.75, 3.05) is 13.1 Å². The van der Waals surface area contributed by atoms with Gasteiger partial charge in [0.05, 0.1) is 11.8 Å². The van der Waals surface area contributed by atoms with E-state index in [1.807, 2.05) is 0 Å². The summed E-state index contributed by atoms with van der Waals surface area (Å²) < 4.78 is 5.10. The first kappa shape index (κ1) is 14.0. The molecule has 0 unspecified atom stereocenters. The van der Waals surface area contributed by atoms with E-state index in [0.29, 0.717) is 23.6 Å². The van der Waals surface area contributed by atoms with E-state index < -0.39 is 0 Å². The van der Waals surface area contributed by atoms with E-state index in [1.165, 1.54) is 18.4 Å². The van der Waals surface area contributed by atoms with Gasteiger partial charge in [-0.1, -0.05) is 0 Å². The lowest BCUT2D eigenvalue weighted by Crippen LogP contribution is -2.39. The molecule has 2 fully saturated rings. The predicted octanol–water partition coefficient (Wildman–Crippen LogP) is 3.13. The molecule has 0 radical (unpaired) electrons. The third-order valence-electron chi connectivity index (χ3n) is 5.08. The summed E-state index contributed by atoms with van der Waals surface area (Å²) in [6.07, 6.45) is 6.62. The van der Waals surface area contributed by atoms with E-state index in [0.717, 1.165) is 19.5 Å². The SMILES string of the molecule is O=C(c1ccoc1)N(Cc1ccsc1)[C@H]1CC12CCNCC2. The van der Waals surface area contributed by atoms with Gasteiger partial charge in [-0.15, -0.1) is 0 Å². The van der Waals surface area contributed by atoms with Crippen LogP contribution in [0.1, 0.15) is 35.2 Å². The van der Waals surface area contributed by atoms with Gasteiger partial charge in [0.2, 0.25) is 0 Å². The fraction of sp³-hybridized carbons (Fsp3) is 0.471. The van der Waals surface area contributed by atoms with Gasteiger partial charge in [0, 0.05) is 12.6 Å². The van der Waals surface area contributed by atoms with Gasteiger partial charge in [-0.05, 0) is 66.2 Å². The van der Waals surface area contributed by atoms with Gasteiger partial charge in [0.1, 0.15) is 6.26 Å². The second kappa shape index (κ2) is 5.56. The minimum absolute atomic E-state index is 0.0976. The first-order valence-electron chi connectivity index (χ1n) is 7.83. The summed E-state index contributed by atoms with van der Waals surface area (Å²) in [6, 6.07) is 4.25. The van der Waals surface area contributed by atoms with Gasteiger partial charge in [-0.2, -0.15) is 11.3 Å². The molecule has 0 bridgehead atoms. The van der Waals surface area contributed by atoms with Crippen molar-refractivity contribution in [3.05, 3.63) is 46.5 Å². The van der Waals surface area contributed by atoms with Crippen molar-refractivity contribution in [3.63, 3.8) is 0 Å². The first-order chi connectivity index (χ1) is 10.8. The number of thiophene rings is 1. The molecule has 2 aliphatic rings. The Morgan fingerprint density at radius 3 is 2.95 bits per heavy atom. The fourth-order valence-corrected chi connectivity index (χ4v) is 4.34. The molecule has 22 heavy (non-hydrogen) atoms. The third-order valence-corrected chi connectivity index (χ3v) is 5.82. The molecule has 5 heteroatoms. The Hall–Kier alpha value is -1.59. The molecule has 1 saturated heterocycles. The summed E-state index contributed by atoms with van der Waals surface area (Å²) in [5.74, 6) is 0.0976. The zero-order valence-corrected chi connectivity index (χ0v) is 13.3. The summed E-state index contributed by atoms with van der Waals surface area (Å²) in [7, 11) is 0. The molecule has 1 aliphatic carbocycles. The van der Waals surface area contributed by atoms with Crippen molar-refractivity contribution in [1.82, 2.24) is 10.2 Å². The molecule has 2 aromatic rings. The van der Waals surface area contributed by atoms with Crippen LogP contribution in [0.4, 0.5) is 0 Å². The smallest absolute Gasteiger partial charge is 0.257 e. The predicted molar refractivity (Wildman–Crippen MR) is 85.8 cm³/mol. The highest BCUT2D eigenvalue weighted by Crippen LogP contribution is 2.56. The van der Waals surface area contributed by atoms with Crippen molar-refractivity contribution in [1.29, 1.82) is 0 Å². The third kappa shape index (κ3) is 2.48. The summed E-state index contributed by atoms with van der Waals surface area (Å²) in [5, 5.41) is 7.63. The zero-order valence-electron chi connectivity index (χ0n) is 12.5. The van der Waals surface area contributed by atoms with E-state index in [-0.39, 0.29) is 5.91 Å². The zero-order chi connectivity index (χ0) is 15.0. The van der Waals surface area contributed by atoms with Crippen LogP contribution >= 0.6 is 11.3 Å². The summed E-state index contributed by atoms with van der Waals surface area (Å²) in [6.45, 7) is 2.85. The van der Waals surface area contributed by atoms with Gasteiger partial charge < -0.3 is 14.6 Å². The van der Waals surface area contributed by atoms with Crippen molar-refractivity contribution < 1.29 is 9.21 Å². The van der Waals surface area contributed by atoms with Crippen molar-refractivity contribution in [2.45, 2.75) is 31.8 Å². The molecule has 2 aromatic heterocycles. The number of carbonyl (C=O) groups is 1. The lowest BCUT2D eigenvalue weighted by molar-refractivity contribution is 0.0691. The van der Waals surface area contributed by atoms with E-state index >= 15 is 0 Å². The molecule has 1 saturated carbocycles. The highest BCUT2D eigenvalue weighted by molar-refractivity contribution is 7.07. The van der Waals surface area contributed by atoms with E-state index in [9.17, 15) is 4.79 Å². The van der Waals surface area contributed by atoms with Crippen LogP contribution < -0.4 is 5.32 Å². The van der Waals surface area contributed by atoms with Gasteiger partial charge >= 0.3 is 0 Å². The molecule has 4 rings (SSSR count). The molecule has 1 N–H and O–H groups in total. The Bertz CT molecular complexity index is 630. The van der Waals surface area contributed by atoms with Crippen LogP contribution in [0.5, 0.6) is 0 Å². The van der Waals surface area contributed by atoms with Crippen molar-refractivity contribution >= 4 is 17.2 Å². The van der Waals surface area contributed by atoms with Crippen LogP contribution in [0.25, 0.3) is 0 Å². The van der Waals surface area contributed by atoms with Crippen LogP contribution in [0.2, 0.25) is 0 Å². The maximum Gasteiger partial charge on any atom is 0.257 e. The highest BCUT2D eigenvalue weighted by Gasteiger charge is 2.57. The molecule has 0 aromatic carbocycles. The van der Waals surface area contributed by atoms with Crippen molar-refractivity contribution in [3.8, 4) is 0 Å². The van der Waals surface area contributed by atoms with Gasteiger partial charge in [-0.25, -0.2) is 0 Å². The molecule has 1 atom stereocenters. The molecular weight excluding hydrogens is 296 g/mol. The number of hydrogen-bond donors (Lipinski definition) is 1. The van der Waals surface area contributed by atoms with Crippen LogP contribution in [-0.4, -0.2) is 29.9 Å². The highest BCUT2D eigenvalue weighted by atomic mass is 32.1. The quantitative estimate of drug-likeness (QED) is 0.942. The molecule has 4 nitrogen and oxygen atoms in total.